The molecule has 0 radical (unpaired) electrons. The lowest BCUT2D eigenvalue weighted by Gasteiger charge is -2.06. The maximum absolute atomic E-state index is 4.63. The standard InChI is InChI=1S/C14H15N3/c1-2-9-15-12(5-1)10-16-14-8-7-11-4-3-6-13(11)17-14/h1-2,5,7-9H,3-4,6,10H2,(H,16,17). The van der Waals surface area contributed by atoms with Gasteiger partial charge < -0.3 is 5.32 Å². The predicted molar refractivity (Wildman–Crippen MR) is 67.8 cm³/mol. The van der Waals surface area contributed by atoms with Gasteiger partial charge in [-0.05, 0) is 43.0 Å². The van der Waals surface area contributed by atoms with E-state index in [9.17, 15) is 0 Å². The zero-order valence-electron chi connectivity index (χ0n) is 9.69. The maximum atomic E-state index is 4.63. The molecule has 0 fully saturated rings. The Morgan fingerprint density at radius 2 is 2.12 bits per heavy atom. The quantitative estimate of drug-likeness (QED) is 0.872. The highest BCUT2D eigenvalue weighted by Crippen LogP contribution is 2.21. The Hall–Kier alpha value is -1.90. The smallest absolute Gasteiger partial charge is 0.126 e. The number of pyridine rings is 2. The van der Waals surface area contributed by atoms with Crippen LogP contribution in [0.5, 0.6) is 0 Å². The Kier molecular flexibility index (Phi) is 2.74. The Bertz CT molecular complexity index is 508. The molecular formula is C14H15N3. The van der Waals surface area contributed by atoms with E-state index >= 15 is 0 Å². The van der Waals surface area contributed by atoms with Gasteiger partial charge in [0.1, 0.15) is 5.82 Å². The first-order valence-electron chi connectivity index (χ1n) is 6.04. The normalized spacial score (nSPS) is 13.4. The summed E-state index contributed by atoms with van der Waals surface area (Å²) in [5, 5.41) is 3.32. The van der Waals surface area contributed by atoms with E-state index in [2.05, 4.69) is 27.4 Å². The van der Waals surface area contributed by atoms with Crippen LogP contribution in [0.1, 0.15) is 23.4 Å². The number of hydrogen-bond donors (Lipinski definition) is 1. The van der Waals surface area contributed by atoms with E-state index in [0.29, 0.717) is 0 Å². The largest absolute Gasteiger partial charge is 0.364 e. The zero-order chi connectivity index (χ0) is 11.5. The van der Waals surface area contributed by atoms with Crippen molar-refractivity contribution in [1.82, 2.24) is 9.97 Å². The van der Waals surface area contributed by atoms with Gasteiger partial charge in [0.05, 0.1) is 12.2 Å². The lowest BCUT2D eigenvalue weighted by atomic mass is 10.2. The molecule has 3 rings (SSSR count). The third kappa shape index (κ3) is 2.28. The van der Waals surface area contributed by atoms with Crippen LogP contribution in [0.3, 0.4) is 0 Å². The molecule has 2 aromatic rings. The van der Waals surface area contributed by atoms with Gasteiger partial charge in [0.25, 0.3) is 0 Å². The lowest BCUT2D eigenvalue weighted by molar-refractivity contribution is 0.898. The minimum Gasteiger partial charge on any atom is -0.364 e. The van der Waals surface area contributed by atoms with Crippen molar-refractivity contribution >= 4 is 5.82 Å². The second kappa shape index (κ2) is 4.53. The third-order valence-corrected chi connectivity index (χ3v) is 3.10. The van der Waals surface area contributed by atoms with E-state index in [0.717, 1.165) is 24.5 Å². The first-order chi connectivity index (χ1) is 8.42. The van der Waals surface area contributed by atoms with E-state index in [1.807, 2.05) is 24.4 Å². The monoisotopic (exact) mass is 225 g/mol. The van der Waals surface area contributed by atoms with Crippen molar-refractivity contribution in [2.24, 2.45) is 0 Å². The fraction of sp³-hybridized carbons (Fsp3) is 0.286. The van der Waals surface area contributed by atoms with Crippen molar-refractivity contribution in [1.29, 1.82) is 0 Å². The number of nitrogens with one attached hydrogen (secondary N) is 1. The van der Waals surface area contributed by atoms with Crippen LogP contribution in [0.25, 0.3) is 0 Å². The van der Waals surface area contributed by atoms with Gasteiger partial charge in [0, 0.05) is 11.9 Å². The van der Waals surface area contributed by atoms with Crippen LogP contribution in [0.15, 0.2) is 36.5 Å². The molecule has 1 aliphatic carbocycles. The van der Waals surface area contributed by atoms with Gasteiger partial charge >= 0.3 is 0 Å². The summed E-state index contributed by atoms with van der Waals surface area (Å²) in [6.07, 6.45) is 5.36. The van der Waals surface area contributed by atoms with Crippen LogP contribution in [-0.4, -0.2) is 9.97 Å². The molecule has 86 valence electrons. The topological polar surface area (TPSA) is 37.8 Å². The van der Waals surface area contributed by atoms with Gasteiger partial charge in [0.15, 0.2) is 0 Å². The molecule has 1 N–H and O–H groups in total. The Balaban J connectivity index is 1.70. The van der Waals surface area contributed by atoms with Crippen LogP contribution < -0.4 is 5.32 Å². The van der Waals surface area contributed by atoms with Crippen molar-refractivity contribution in [3.63, 3.8) is 0 Å². The summed E-state index contributed by atoms with van der Waals surface area (Å²) in [7, 11) is 0. The molecule has 0 saturated heterocycles. The lowest BCUT2D eigenvalue weighted by Crippen LogP contribution is -2.04. The summed E-state index contributed by atoms with van der Waals surface area (Å²) >= 11 is 0. The van der Waals surface area contributed by atoms with E-state index < -0.39 is 0 Å². The molecule has 0 saturated carbocycles. The number of hydrogen-bond acceptors (Lipinski definition) is 3. The molecular weight excluding hydrogens is 210 g/mol. The van der Waals surface area contributed by atoms with Gasteiger partial charge in [-0.15, -0.1) is 0 Å². The molecule has 2 heterocycles. The summed E-state index contributed by atoms with van der Waals surface area (Å²) in [6, 6.07) is 10.2. The summed E-state index contributed by atoms with van der Waals surface area (Å²) < 4.78 is 0. The third-order valence-electron chi connectivity index (χ3n) is 3.10. The Morgan fingerprint density at radius 3 is 3.00 bits per heavy atom. The number of fused-ring (bicyclic) bond motifs is 1. The molecule has 1 aliphatic rings. The van der Waals surface area contributed by atoms with Gasteiger partial charge in [-0.25, -0.2) is 4.98 Å². The second-order valence-corrected chi connectivity index (χ2v) is 4.33. The predicted octanol–water partition coefficient (Wildman–Crippen LogP) is 2.58. The van der Waals surface area contributed by atoms with Crippen molar-refractivity contribution in [2.75, 3.05) is 5.32 Å². The van der Waals surface area contributed by atoms with Crippen molar-refractivity contribution in [3.05, 3.63) is 53.5 Å². The highest BCUT2D eigenvalue weighted by atomic mass is 15.0. The number of nitrogens with zero attached hydrogens (tertiary/aromatic N) is 2. The molecule has 2 aromatic heterocycles. The first kappa shape index (κ1) is 10.3. The van der Waals surface area contributed by atoms with Crippen LogP contribution >= 0.6 is 0 Å². The highest BCUT2D eigenvalue weighted by molar-refractivity contribution is 5.40. The average molecular weight is 225 g/mol. The van der Waals surface area contributed by atoms with Crippen molar-refractivity contribution in [3.8, 4) is 0 Å². The second-order valence-electron chi connectivity index (χ2n) is 4.33. The summed E-state index contributed by atoms with van der Waals surface area (Å²) in [4.78, 5) is 8.91. The van der Waals surface area contributed by atoms with E-state index in [1.165, 1.54) is 24.1 Å². The molecule has 0 amide bonds. The molecule has 0 unspecified atom stereocenters. The summed E-state index contributed by atoms with van der Waals surface area (Å²) in [5.41, 5.74) is 3.71. The Morgan fingerprint density at radius 1 is 1.12 bits per heavy atom. The summed E-state index contributed by atoms with van der Waals surface area (Å²) in [6.45, 7) is 0.729. The number of anilines is 1. The SMILES string of the molecule is c1ccc(CNc2ccc3c(n2)CCC3)nc1. The van der Waals surface area contributed by atoms with E-state index in [1.54, 1.807) is 0 Å². The van der Waals surface area contributed by atoms with Crippen LogP contribution in [0.2, 0.25) is 0 Å². The van der Waals surface area contributed by atoms with Crippen LogP contribution in [-0.2, 0) is 19.4 Å². The number of rotatable bonds is 3. The molecule has 0 spiro atoms. The Labute approximate surface area is 101 Å². The minimum absolute atomic E-state index is 0.729. The fourth-order valence-corrected chi connectivity index (χ4v) is 2.20. The minimum atomic E-state index is 0.729. The molecule has 3 heteroatoms. The van der Waals surface area contributed by atoms with Gasteiger partial charge in [0.2, 0.25) is 0 Å². The molecule has 0 atom stereocenters. The van der Waals surface area contributed by atoms with Crippen molar-refractivity contribution in [2.45, 2.75) is 25.8 Å². The molecule has 0 aliphatic heterocycles. The molecule has 0 bridgehead atoms. The van der Waals surface area contributed by atoms with Crippen LogP contribution in [0, 0.1) is 0 Å². The average Bonchev–Trinajstić information content (AvgIpc) is 2.85. The van der Waals surface area contributed by atoms with E-state index in [-0.39, 0.29) is 0 Å². The zero-order valence-corrected chi connectivity index (χ0v) is 9.69. The fourth-order valence-electron chi connectivity index (χ4n) is 2.20. The number of aromatic nitrogens is 2. The molecule has 3 nitrogen and oxygen atoms in total. The van der Waals surface area contributed by atoms with Gasteiger partial charge in [-0.3, -0.25) is 4.98 Å². The highest BCUT2D eigenvalue weighted by Gasteiger charge is 2.12. The summed E-state index contributed by atoms with van der Waals surface area (Å²) in [5.74, 6) is 0.955. The van der Waals surface area contributed by atoms with Gasteiger partial charge in [-0.2, -0.15) is 0 Å². The molecule has 17 heavy (non-hydrogen) atoms. The number of aryl methyl sites for hydroxylation is 2. The van der Waals surface area contributed by atoms with E-state index in [4.69, 9.17) is 0 Å². The van der Waals surface area contributed by atoms with Crippen molar-refractivity contribution < 1.29 is 0 Å². The maximum Gasteiger partial charge on any atom is 0.126 e. The first-order valence-corrected chi connectivity index (χ1v) is 6.04. The van der Waals surface area contributed by atoms with Gasteiger partial charge in [-0.1, -0.05) is 12.1 Å². The van der Waals surface area contributed by atoms with Crippen LogP contribution in [0.4, 0.5) is 5.82 Å². The molecule has 0 aromatic carbocycles.